The number of ether oxygens (including phenoxy) is 1. The van der Waals surface area contributed by atoms with Crippen LogP contribution in [0.2, 0.25) is 0 Å². The Balaban J connectivity index is 1.52. The number of para-hydroxylation sites is 1. The molecule has 0 aliphatic carbocycles. The minimum absolute atomic E-state index is 0.137. The number of benzene rings is 2. The van der Waals surface area contributed by atoms with Gasteiger partial charge in [0.05, 0.1) is 6.54 Å². The Kier molecular flexibility index (Phi) is 5.50. The number of hydrogen-bond donors (Lipinski definition) is 3. The smallest absolute Gasteiger partial charge is 0.268 e. The summed E-state index contributed by atoms with van der Waals surface area (Å²) in [4.78, 5) is 12.6. The molecule has 0 unspecified atom stereocenters. The van der Waals surface area contributed by atoms with Crippen molar-refractivity contribution in [2.75, 3.05) is 13.2 Å². The zero-order chi connectivity index (χ0) is 18.5. The van der Waals surface area contributed by atoms with Gasteiger partial charge in [-0.2, -0.15) is 0 Å². The summed E-state index contributed by atoms with van der Waals surface area (Å²) >= 11 is 4.93. The second kappa shape index (κ2) is 7.99. The maximum atomic E-state index is 12.4. The SMILES string of the molecule is Cn1c(C(=O)NCCOc2ccc(C(=S)NO)cc2)cc2ccccc21. The maximum Gasteiger partial charge on any atom is 0.268 e. The summed E-state index contributed by atoms with van der Waals surface area (Å²) in [6.07, 6.45) is 0. The van der Waals surface area contributed by atoms with Gasteiger partial charge in [0.25, 0.3) is 5.91 Å². The summed E-state index contributed by atoms with van der Waals surface area (Å²) in [7, 11) is 1.88. The number of rotatable bonds is 6. The third-order valence-corrected chi connectivity index (χ3v) is 4.39. The third-order valence-electron chi connectivity index (χ3n) is 4.06. The number of hydroxylamine groups is 1. The molecule has 2 aromatic carbocycles. The Morgan fingerprint density at radius 1 is 1.19 bits per heavy atom. The van der Waals surface area contributed by atoms with Gasteiger partial charge in [-0.1, -0.05) is 30.4 Å². The molecule has 1 aromatic heterocycles. The lowest BCUT2D eigenvalue weighted by Crippen LogP contribution is -2.29. The van der Waals surface area contributed by atoms with Gasteiger partial charge in [0, 0.05) is 23.5 Å². The Bertz CT molecular complexity index is 935. The van der Waals surface area contributed by atoms with E-state index in [-0.39, 0.29) is 10.9 Å². The highest BCUT2D eigenvalue weighted by Gasteiger charge is 2.12. The Morgan fingerprint density at radius 3 is 2.62 bits per heavy atom. The number of aryl methyl sites for hydroxylation is 1. The minimum atomic E-state index is -0.137. The first-order valence-electron chi connectivity index (χ1n) is 8.10. The molecular formula is C19H19N3O3S. The molecule has 0 radical (unpaired) electrons. The Morgan fingerprint density at radius 2 is 1.92 bits per heavy atom. The molecular weight excluding hydrogens is 350 g/mol. The van der Waals surface area contributed by atoms with Crippen LogP contribution in [0.5, 0.6) is 5.75 Å². The van der Waals surface area contributed by atoms with Crippen molar-refractivity contribution in [3.8, 4) is 5.75 Å². The van der Waals surface area contributed by atoms with Gasteiger partial charge in [-0.3, -0.25) is 15.5 Å². The minimum Gasteiger partial charge on any atom is -0.492 e. The molecule has 0 saturated carbocycles. The molecule has 1 heterocycles. The molecule has 1 amide bonds. The lowest BCUT2D eigenvalue weighted by atomic mass is 10.2. The molecule has 3 N–H and O–H groups in total. The number of thiocarbonyl (C=S) groups is 1. The fraction of sp³-hybridized carbons (Fsp3) is 0.158. The fourth-order valence-electron chi connectivity index (χ4n) is 2.70. The van der Waals surface area contributed by atoms with Crippen LogP contribution in [-0.2, 0) is 7.05 Å². The van der Waals surface area contributed by atoms with Crippen molar-refractivity contribution in [2.24, 2.45) is 7.05 Å². The topological polar surface area (TPSA) is 75.5 Å². The maximum absolute atomic E-state index is 12.4. The van der Waals surface area contributed by atoms with Crippen LogP contribution in [0.15, 0.2) is 54.6 Å². The first-order valence-corrected chi connectivity index (χ1v) is 8.51. The van der Waals surface area contributed by atoms with Crippen molar-refractivity contribution in [2.45, 2.75) is 0 Å². The van der Waals surface area contributed by atoms with Crippen molar-refractivity contribution in [1.29, 1.82) is 0 Å². The van der Waals surface area contributed by atoms with E-state index in [2.05, 4.69) is 5.32 Å². The van der Waals surface area contributed by atoms with Crippen LogP contribution in [0.1, 0.15) is 16.1 Å². The van der Waals surface area contributed by atoms with Crippen LogP contribution in [-0.4, -0.2) is 33.8 Å². The molecule has 0 fully saturated rings. The summed E-state index contributed by atoms with van der Waals surface area (Å²) < 4.78 is 7.48. The largest absolute Gasteiger partial charge is 0.492 e. The van der Waals surface area contributed by atoms with Crippen molar-refractivity contribution in [1.82, 2.24) is 15.4 Å². The molecule has 134 valence electrons. The molecule has 26 heavy (non-hydrogen) atoms. The Hall–Kier alpha value is -2.90. The zero-order valence-corrected chi connectivity index (χ0v) is 15.0. The van der Waals surface area contributed by atoms with Crippen LogP contribution in [0.3, 0.4) is 0 Å². The van der Waals surface area contributed by atoms with Crippen LogP contribution < -0.4 is 15.5 Å². The highest BCUT2D eigenvalue weighted by molar-refractivity contribution is 7.80. The molecule has 0 aliphatic heterocycles. The molecule has 6 nitrogen and oxygen atoms in total. The number of carbonyl (C=O) groups excluding carboxylic acids is 1. The van der Waals surface area contributed by atoms with Gasteiger partial charge in [-0.25, -0.2) is 0 Å². The van der Waals surface area contributed by atoms with Crippen LogP contribution in [0, 0.1) is 0 Å². The van der Waals surface area contributed by atoms with Gasteiger partial charge in [0.15, 0.2) is 0 Å². The number of aromatic nitrogens is 1. The highest BCUT2D eigenvalue weighted by Crippen LogP contribution is 2.18. The number of nitrogens with one attached hydrogen (secondary N) is 2. The van der Waals surface area contributed by atoms with Gasteiger partial charge in [0.2, 0.25) is 0 Å². The monoisotopic (exact) mass is 369 g/mol. The van der Waals surface area contributed by atoms with Crippen LogP contribution >= 0.6 is 12.2 Å². The molecule has 3 rings (SSSR count). The van der Waals surface area contributed by atoms with E-state index in [1.54, 1.807) is 24.3 Å². The van der Waals surface area contributed by atoms with Crippen molar-refractivity contribution in [3.63, 3.8) is 0 Å². The van der Waals surface area contributed by atoms with Gasteiger partial charge in [-0.05, 0) is 36.4 Å². The van der Waals surface area contributed by atoms with E-state index in [1.165, 1.54) is 0 Å². The predicted octanol–water partition coefficient (Wildman–Crippen LogP) is 2.64. The lowest BCUT2D eigenvalue weighted by molar-refractivity contribution is 0.0939. The number of carbonyl (C=O) groups is 1. The summed E-state index contributed by atoms with van der Waals surface area (Å²) in [5.41, 5.74) is 4.26. The van der Waals surface area contributed by atoms with Gasteiger partial charge >= 0.3 is 0 Å². The third kappa shape index (κ3) is 3.84. The van der Waals surface area contributed by atoms with Gasteiger partial charge in [-0.15, -0.1) is 0 Å². The number of nitrogens with zero attached hydrogens (tertiary/aromatic N) is 1. The second-order valence-electron chi connectivity index (χ2n) is 5.72. The zero-order valence-electron chi connectivity index (χ0n) is 14.2. The standard InChI is InChI=1S/C19H19N3O3S/c1-22-16-5-3-2-4-14(16)12-17(22)18(23)20-10-11-25-15-8-6-13(7-9-15)19(26)21-24/h2-9,12,24H,10-11H2,1H3,(H,20,23)(H,21,26). The molecule has 3 aromatic rings. The summed E-state index contributed by atoms with van der Waals surface area (Å²) in [5.74, 6) is 0.523. The predicted molar refractivity (Wildman–Crippen MR) is 104 cm³/mol. The normalized spacial score (nSPS) is 10.5. The van der Waals surface area contributed by atoms with E-state index in [0.717, 1.165) is 10.9 Å². The molecule has 0 bridgehead atoms. The van der Waals surface area contributed by atoms with Gasteiger partial charge < -0.3 is 14.6 Å². The summed E-state index contributed by atoms with van der Waals surface area (Å²) in [6, 6.07) is 16.7. The van der Waals surface area contributed by atoms with E-state index in [9.17, 15) is 4.79 Å². The Labute approximate surface area is 156 Å². The number of hydrogen-bond acceptors (Lipinski definition) is 4. The van der Waals surface area contributed by atoms with E-state index in [0.29, 0.717) is 30.2 Å². The quantitative estimate of drug-likeness (QED) is 0.354. The van der Waals surface area contributed by atoms with Crippen molar-refractivity contribution >= 4 is 34.0 Å². The molecule has 7 heteroatoms. The van der Waals surface area contributed by atoms with Gasteiger partial charge in [0.1, 0.15) is 23.0 Å². The molecule has 0 spiro atoms. The van der Waals surface area contributed by atoms with E-state index >= 15 is 0 Å². The van der Waals surface area contributed by atoms with E-state index < -0.39 is 0 Å². The van der Waals surface area contributed by atoms with E-state index in [4.69, 9.17) is 22.2 Å². The van der Waals surface area contributed by atoms with Crippen LogP contribution in [0.25, 0.3) is 10.9 Å². The average molecular weight is 369 g/mol. The van der Waals surface area contributed by atoms with Crippen molar-refractivity contribution in [3.05, 3.63) is 65.9 Å². The number of amides is 1. The van der Waals surface area contributed by atoms with Crippen molar-refractivity contribution < 1.29 is 14.7 Å². The second-order valence-corrected chi connectivity index (χ2v) is 6.13. The number of fused-ring (bicyclic) bond motifs is 1. The highest BCUT2D eigenvalue weighted by atomic mass is 32.1. The van der Waals surface area contributed by atoms with E-state index in [1.807, 2.05) is 47.4 Å². The molecule has 0 saturated heterocycles. The molecule has 0 aliphatic rings. The summed E-state index contributed by atoms with van der Waals surface area (Å²) in [6.45, 7) is 0.733. The van der Waals surface area contributed by atoms with Crippen LogP contribution in [0.4, 0.5) is 0 Å². The fourth-order valence-corrected chi connectivity index (χ4v) is 2.83. The summed E-state index contributed by atoms with van der Waals surface area (Å²) in [5, 5.41) is 12.7. The lowest BCUT2D eigenvalue weighted by Gasteiger charge is -2.09. The molecule has 0 atom stereocenters. The first-order chi connectivity index (χ1) is 12.6. The average Bonchev–Trinajstić information content (AvgIpc) is 3.02. The first kappa shape index (κ1) is 17.9.